The van der Waals surface area contributed by atoms with Crippen LogP contribution in [0.4, 0.5) is 13.2 Å². The van der Waals surface area contributed by atoms with E-state index in [-0.39, 0.29) is 6.42 Å². The smallest absolute Gasteiger partial charge is 0.417 e. The van der Waals surface area contributed by atoms with Crippen molar-refractivity contribution in [1.29, 1.82) is 0 Å². The normalized spacial score (nSPS) is 12.6. The van der Waals surface area contributed by atoms with E-state index in [1.807, 2.05) is 54.6 Å². The van der Waals surface area contributed by atoms with Gasteiger partial charge in [-0.3, -0.25) is 4.79 Å². The molecule has 0 aliphatic rings. The van der Waals surface area contributed by atoms with Gasteiger partial charge in [-0.15, -0.1) is 0 Å². The summed E-state index contributed by atoms with van der Waals surface area (Å²) in [5, 5.41) is 15.5. The Morgan fingerprint density at radius 3 is 1.94 bits per heavy atom. The predicted molar refractivity (Wildman–Crippen MR) is 115 cm³/mol. The summed E-state index contributed by atoms with van der Waals surface area (Å²) < 4.78 is 39.9. The highest BCUT2D eigenvalue weighted by molar-refractivity contribution is 6.03. The molecule has 1 atom stereocenters. The molecule has 0 bridgehead atoms. The Balaban J connectivity index is 1.74. The molecular weight excluding hydrogens is 419 g/mol. The first-order valence-electron chi connectivity index (χ1n) is 9.85. The summed E-state index contributed by atoms with van der Waals surface area (Å²) in [7, 11) is 0. The van der Waals surface area contributed by atoms with Crippen molar-refractivity contribution in [3.8, 4) is 0 Å². The van der Waals surface area contributed by atoms with Crippen LogP contribution in [0.2, 0.25) is 0 Å². The largest absolute Gasteiger partial charge is 0.480 e. The molecule has 162 valence electrons. The van der Waals surface area contributed by atoms with Gasteiger partial charge in [0.05, 0.1) is 11.1 Å². The Bertz CT molecular complexity index is 1280. The summed E-state index contributed by atoms with van der Waals surface area (Å²) in [5.41, 5.74) is -1.03. The number of amides is 1. The number of carboxylic acid groups (broad SMARTS) is 1. The van der Waals surface area contributed by atoms with Crippen LogP contribution in [0, 0.1) is 0 Å². The van der Waals surface area contributed by atoms with Gasteiger partial charge in [0.1, 0.15) is 6.04 Å². The first-order valence-corrected chi connectivity index (χ1v) is 9.85. The number of benzene rings is 4. The molecule has 0 saturated carbocycles. The lowest BCUT2D eigenvalue weighted by Gasteiger charge is -2.19. The summed E-state index contributed by atoms with van der Waals surface area (Å²) in [5.74, 6) is -2.42. The lowest BCUT2D eigenvalue weighted by atomic mass is 9.92. The van der Waals surface area contributed by atoms with Crippen LogP contribution in [0.15, 0.2) is 78.9 Å². The quantitative estimate of drug-likeness (QED) is 0.409. The van der Waals surface area contributed by atoms with E-state index in [4.69, 9.17) is 0 Å². The number of aliphatic carboxylic acids is 1. The third-order valence-electron chi connectivity index (χ3n) is 5.37. The molecule has 0 aliphatic heterocycles. The highest BCUT2D eigenvalue weighted by Crippen LogP contribution is 2.32. The Morgan fingerprint density at radius 2 is 1.38 bits per heavy atom. The van der Waals surface area contributed by atoms with Crippen LogP contribution in [0.1, 0.15) is 21.5 Å². The number of halogens is 3. The summed E-state index contributed by atoms with van der Waals surface area (Å²) in [6, 6.07) is 19.8. The van der Waals surface area contributed by atoms with Crippen molar-refractivity contribution in [3.05, 3.63) is 95.6 Å². The zero-order valence-corrected chi connectivity index (χ0v) is 16.7. The molecule has 4 rings (SSSR count). The van der Waals surface area contributed by atoms with Crippen LogP contribution in [-0.2, 0) is 17.4 Å². The van der Waals surface area contributed by atoms with E-state index in [0.29, 0.717) is 5.56 Å². The first kappa shape index (κ1) is 21.4. The zero-order valence-electron chi connectivity index (χ0n) is 16.7. The molecule has 4 aromatic rings. The molecule has 32 heavy (non-hydrogen) atoms. The number of carbonyl (C=O) groups is 2. The maximum Gasteiger partial charge on any atom is 0.417 e. The minimum atomic E-state index is -4.74. The van der Waals surface area contributed by atoms with Crippen LogP contribution in [0.3, 0.4) is 0 Å². The van der Waals surface area contributed by atoms with Crippen molar-refractivity contribution < 1.29 is 27.9 Å². The molecule has 4 nitrogen and oxygen atoms in total. The minimum Gasteiger partial charge on any atom is -0.480 e. The maximum absolute atomic E-state index is 13.3. The molecule has 0 aliphatic carbocycles. The van der Waals surface area contributed by atoms with Gasteiger partial charge in [-0.1, -0.05) is 60.7 Å². The second-order valence-electron chi connectivity index (χ2n) is 7.41. The average Bonchev–Trinajstić information content (AvgIpc) is 2.77. The fourth-order valence-corrected chi connectivity index (χ4v) is 3.90. The number of rotatable bonds is 5. The number of carbonyl (C=O) groups excluding carboxylic acids is 1. The van der Waals surface area contributed by atoms with Crippen LogP contribution >= 0.6 is 0 Å². The molecular formula is C25H18F3NO3. The fourth-order valence-electron chi connectivity index (χ4n) is 3.90. The van der Waals surface area contributed by atoms with Crippen molar-refractivity contribution in [2.75, 3.05) is 0 Å². The molecule has 0 radical (unpaired) electrons. The molecule has 2 N–H and O–H groups in total. The van der Waals surface area contributed by atoms with E-state index in [9.17, 15) is 27.9 Å². The maximum atomic E-state index is 13.3. The van der Waals surface area contributed by atoms with Crippen molar-refractivity contribution >= 4 is 33.4 Å². The van der Waals surface area contributed by atoms with E-state index in [0.717, 1.165) is 33.7 Å². The van der Waals surface area contributed by atoms with E-state index >= 15 is 0 Å². The molecule has 0 fully saturated rings. The summed E-state index contributed by atoms with van der Waals surface area (Å²) in [6.07, 6.45) is -4.82. The Labute approximate surface area is 181 Å². The number of hydrogen-bond acceptors (Lipinski definition) is 2. The van der Waals surface area contributed by atoms with Crippen LogP contribution in [-0.4, -0.2) is 23.0 Å². The van der Waals surface area contributed by atoms with Gasteiger partial charge in [0.2, 0.25) is 0 Å². The zero-order chi connectivity index (χ0) is 22.9. The van der Waals surface area contributed by atoms with Gasteiger partial charge in [-0.25, -0.2) is 4.79 Å². The number of alkyl halides is 3. The van der Waals surface area contributed by atoms with Gasteiger partial charge in [0.25, 0.3) is 5.91 Å². The van der Waals surface area contributed by atoms with E-state index < -0.39 is 35.2 Å². The molecule has 0 spiro atoms. The third-order valence-corrected chi connectivity index (χ3v) is 5.37. The van der Waals surface area contributed by atoms with Crippen LogP contribution in [0.5, 0.6) is 0 Å². The lowest BCUT2D eigenvalue weighted by Crippen LogP contribution is -2.43. The standard InChI is InChI=1S/C25H18F3NO3/c26-25(27,28)21-12-6-5-11-19(21)23(30)29-22(24(31)32)14-20-17-9-3-1-7-15(17)13-16-8-2-4-10-18(16)20/h1-13,22H,14H2,(H,29,30)(H,31,32)/t22-/m0/s1. The van der Waals surface area contributed by atoms with Gasteiger partial charge >= 0.3 is 12.1 Å². The highest BCUT2D eigenvalue weighted by atomic mass is 19.4. The average molecular weight is 437 g/mol. The molecule has 0 unspecified atom stereocenters. The predicted octanol–water partition coefficient (Wildman–Crippen LogP) is 5.44. The van der Waals surface area contributed by atoms with E-state index in [2.05, 4.69) is 5.32 Å². The Hall–Kier alpha value is -3.87. The lowest BCUT2D eigenvalue weighted by molar-refractivity contribution is -0.139. The van der Waals surface area contributed by atoms with Crippen molar-refractivity contribution in [2.24, 2.45) is 0 Å². The van der Waals surface area contributed by atoms with Gasteiger partial charge in [-0.2, -0.15) is 13.2 Å². The number of hydrogen-bond donors (Lipinski definition) is 2. The number of fused-ring (bicyclic) bond motifs is 2. The molecule has 0 saturated heterocycles. The van der Waals surface area contributed by atoms with Crippen LogP contribution in [0.25, 0.3) is 21.5 Å². The second kappa shape index (κ2) is 8.34. The van der Waals surface area contributed by atoms with Gasteiger partial charge in [-0.05, 0) is 45.3 Å². The fraction of sp³-hybridized carbons (Fsp3) is 0.120. The van der Waals surface area contributed by atoms with Crippen LogP contribution < -0.4 is 5.32 Å². The van der Waals surface area contributed by atoms with Gasteiger partial charge in [0.15, 0.2) is 0 Å². The molecule has 1 amide bonds. The Kier molecular flexibility index (Phi) is 5.57. The first-order chi connectivity index (χ1) is 15.3. The highest BCUT2D eigenvalue weighted by Gasteiger charge is 2.35. The topological polar surface area (TPSA) is 66.4 Å². The summed E-state index contributed by atoms with van der Waals surface area (Å²) in [6.45, 7) is 0. The van der Waals surface area contributed by atoms with Crippen molar-refractivity contribution in [3.63, 3.8) is 0 Å². The molecule has 0 heterocycles. The molecule has 4 aromatic carbocycles. The SMILES string of the molecule is O=C(N[C@@H](Cc1c2ccccc2cc2ccccc12)C(=O)O)c1ccccc1C(F)(F)F. The molecule has 7 heteroatoms. The molecule has 0 aromatic heterocycles. The number of nitrogens with one attached hydrogen (secondary N) is 1. The van der Waals surface area contributed by atoms with Crippen molar-refractivity contribution in [2.45, 2.75) is 18.6 Å². The summed E-state index contributed by atoms with van der Waals surface area (Å²) in [4.78, 5) is 24.7. The van der Waals surface area contributed by atoms with E-state index in [1.54, 1.807) is 0 Å². The van der Waals surface area contributed by atoms with Gasteiger partial charge in [0, 0.05) is 6.42 Å². The van der Waals surface area contributed by atoms with Crippen molar-refractivity contribution in [1.82, 2.24) is 5.32 Å². The number of carboxylic acids is 1. The second-order valence-corrected chi connectivity index (χ2v) is 7.41. The third kappa shape index (κ3) is 4.14. The Morgan fingerprint density at radius 1 is 0.844 bits per heavy atom. The monoisotopic (exact) mass is 437 g/mol. The van der Waals surface area contributed by atoms with Gasteiger partial charge < -0.3 is 10.4 Å². The van der Waals surface area contributed by atoms with E-state index in [1.165, 1.54) is 12.1 Å². The minimum absolute atomic E-state index is 0.0862. The summed E-state index contributed by atoms with van der Waals surface area (Å²) >= 11 is 0.